The van der Waals surface area contributed by atoms with E-state index in [0.717, 1.165) is 49.8 Å². The summed E-state index contributed by atoms with van der Waals surface area (Å²) in [6, 6.07) is 4.31. The number of hydrogen-bond donors (Lipinski definition) is 2. The van der Waals surface area contributed by atoms with Gasteiger partial charge in [0.25, 0.3) is 0 Å². The Labute approximate surface area is 183 Å². The standard InChI is InChI=1S/C23H34F2N6/c1-6-26-23(28-15(2)11-20-16(3)29-30(5)17(20)4)27-13-18-9-10-31(14-18)19-7-8-21(24)22(25)12-19/h7-8,12,15,18H,6,9-11,13-14H2,1-5H3,(H2,26,27,28). The van der Waals surface area contributed by atoms with Crippen molar-refractivity contribution in [1.29, 1.82) is 0 Å². The average Bonchev–Trinajstić information content (AvgIpc) is 3.29. The van der Waals surface area contributed by atoms with Crippen molar-refractivity contribution in [1.82, 2.24) is 20.4 Å². The highest BCUT2D eigenvalue weighted by atomic mass is 19.2. The first-order valence-electron chi connectivity index (χ1n) is 11.0. The first-order valence-corrected chi connectivity index (χ1v) is 11.0. The summed E-state index contributed by atoms with van der Waals surface area (Å²) in [4.78, 5) is 6.90. The highest BCUT2D eigenvalue weighted by Crippen LogP contribution is 2.25. The number of nitrogens with one attached hydrogen (secondary N) is 2. The number of nitrogens with zero attached hydrogens (tertiary/aromatic N) is 4. The number of hydrogen-bond acceptors (Lipinski definition) is 3. The van der Waals surface area contributed by atoms with Gasteiger partial charge in [0.1, 0.15) is 0 Å². The second-order valence-electron chi connectivity index (χ2n) is 8.44. The lowest BCUT2D eigenvalue weighted by Crippen LogP contribution is -2.43. The van der Waals surface area contributed by atoms with Crippen LogP contribution in [0.1, 0.15) is 37.2 Å². The summed E-state index contributed by atoms with van der Waals surface area (Å²) in [5, 5.41) is 11.3. The van der Waals surface area contributed by atoms with Crippen LogP contribution in [0.25, 0.3) is 0 Å². The molecule has 1 saturated heterocycles. The number of aryl methyl sites for hydroxylation is 2. The summed E-state index contributed by atoms with van der Waals surface area (Å²) in [6.45, 7) is 11.4. The lowest BCUT2D eigenvalue weighted by molar-refractivity contribution is 0.508. The number of rotatable bonds is 7. The van der Waals surface area contributed by atoms with E-state index in [2.05, 4.69) is 41.4 Å². The van der Waals surface area contributed by atoms with Crippen LogP contribution in [0.15, 0.2) is 23.2 Å². The first-order chi connectivity index (χ1) is 14.8. The molecule has 1 aromatic carbocycles. The van der Waals surface area contributed by atoms with Crippen LogP contribution in [0.2, 0.25) is 0 Å². The molecule has 2 aromatic rings. The molecule has 170 valence electrons. The number of aromatic nitrogens is 2. The van der Waals surface area contributed by atoms with Gasteiger partial charge in [-0.1, -0.05) is 0 Å². The predicted octanol–water partition coefficient (Wildman–Crippen LogP) is 3.33. The van der Waals surface area contributed by atoms with Crippen molar-refractivity contribution in [2.45, 2.75) is 46.6 Å². The van der Waals surface area contributed by atoms with Crippen molar-refractivity contribution in [3.05, 3.63) is 46.8 Å². The Morgan fingerprint density at radius 1 is 1.29 bits per heavy atom. The SMILES string of the molecule is CCNC(=NCC1CCN(c2ccc(F)c(F)c2)C1)NC(C)Cc1c(C)nn(C)c1C. The zero-order valence-corrected chi connectivity index (χ0v) is 19.2. The molecule has 8 heteroatoms. The summed E-state index contributed by atoms with van der Waals surface area (Å²) in [7, 11) is 1.97. The monoisotopic (exact) mass is 432 g/mol. The Morgan fingerprint density at radius 2 is 2.06 bits per heavy atom. The van der Waals surface area contributed by atoms with E-state index in [0.29, 0.717) is 12.5 Å². The van der Waals surface area contributed by atoms with Crippen molar-refractivity contribution >= 4 is 11.6 Å². The molecule has 1 aliphatic rings. The van der Waals surface area contributed by atoms with Crippen molar-refractivity contribution in [2.24, 2.45) is 18.0 Å². The Morgan fingerprint density at radius 3 is 2.71 bits per heavy atom. The fraction of sp³-hybridized carbons (Fsp3) is 0.565. The molecule has 1 aromatic heterocycles. The quantitative estimate of drug-likeness (QED) is 0.521. The van der Waals surface area contributed by atoms with E-state index in [-0.39, 0.29) is 6.04 Å². The van der Waals surface area contributed by atoms with Gasteiger partial charge in [0.15, 0.2) is 17.6 Å². The molecule has 0 aliphatic carbocycles. The smallest absolute Gasteiger partial charge is 0.191 e. The van der Waals surface area contributed by atoms with Crippen LogP contribution in [0.4, 0.5) is 14.5 Å². The van der Waals surface area contributed by atoms with Gasteiger partial charge < -0.3 is 15.5 Å². The summed E-state index contributed by atoms with van der Waals surface area (Å²) >= 11 is 0. The molecule has 0 radical (unpaired) electrons. The molecule has 2 N–H and O–H groups in total. The molecular weight excluding hydrogens is 398 g/mol. The summed E-state index contributed by atoms with van der Waals surface area (Å²) < 4.78 is 28.7. The van der Waals surface area contributed by atoms with E-state index in [4.69, 9.17) is 4.99 Å². The van der Waals surface area contributed by atoms with Crippen molar-refractivity contribution in [3.8, 4) is 0 Å². The van der Waals surface area contributed by atoms with Gasteiger partial charge in [-0.05, 0) is 64.2 Å². The Bertz CT molecular complexity index is 923. The Hall–Kier alpha value is -2.64. The minimum absolute atomic E-state index is 0.210. The maximum atomic E-state index is 13.6. The Balaban J connectivity index is 1.57. The lowest BCUT2D eigenvalue weighted by atomic mass is 10.1. The number of anilines is 1. The van der Waals surface area contributed by atoms with Crippen molar-refractivity contribution in [3.63, 3.8) is 0 Å². The van der Waals surface area contributed by atoms with Gasteiger partial charge in [-0.25, -0.2) is 8.78 Å². The second-order valence-corrected chi connectivity index (χ2v) is 8.44. The van der Waals surface area contributed by atoms with Gasteiger partial charge in [-0.3, -0.25) is 9.67 Å². The molecule has 1 fully saturated rings. The molecule has 0 saturated carbocycles. The van der Waals surface area contributed by atoms with Crippen LogP contribution in [0.3, 0.4) is 0 Å². The minimum Gasteiger partial charge on any atom is -0.371 e. The van der Waals surface area contributed by atoms with Crippen LogP contribution < -0.4 is 15.5 Å². The third-order valence-corrected chi connectivity index (χ3v) is 5.96. The van der Waals surface area contributed by atoms with Gasteiger partial charge in [0.2, 0.25) is 0 Å². The Kier molecular flexibility index (Phi) is 7.51. The van der Waals surface area contributed by atoms with E-state index in [9.17, 15) is 8.78 Å². The van der Waals surface area contributed by atoms with Crippen LogP contribution in [0, 0.1) is 31.4 Å². The molecule has 0 spiro atoms. The van der Waals surface area contributed by atoms with E-state index in [1.165, 1.54) is 23.4 Å². The van der Waals surface area contributed by atoms with Crippen LogP contribution in [-0.2, 0) is 13.5 Å². The topological polar surface area (TPSA) is 57.5 Å². The van der Waals surface area contributed by atoms with E-state index in [1.54, 1.807) is 6.07 Å². The normalized spacial score (nSPS) is 17.8. The summed E-state index contributed by atoms with van der Waals surface area (Å²) in [5.41, 5.74) is 4.26. The maximum absolute atomic E-state index is 13.6. The van der Waals surface area contributed by atoms with Gasteiger partial charge in [0, 0.05) is 56.7 Å². The number of guanidine groups is 1. The molecule has 6 nitrogen and oxygen atoms in total. The third-order valence-electron chi connectivity index (χ3n) is 5.96. The van der Waals surface area contributed by atoms with Crippen molar-refractivity contribution < 1.29 is 8.78 Å². The lowest BCUT2D eigenvalue weighted by Gasteiger charge is -2.20. The van der Waals surface area contributed by atoms with Crippen molar-refractivity contribution in [2.75, 3.05) is 31.1 Å². The van der Waals surface area contributed by atoms with E-state index >= 15 is 0 Å². The van der Waals surface area contributed by atoms with Crippen LogP contribution >= 0.6 is 0 Å². The molecular formula is C23H34F2N6. The fourth-order valence-electron chi connectivity index (χ4n) is 4.14. The highest BCUT2D eigenvalue weighted by Gasteiger charge is 2.23. The van der Waals surface area contributed by atoms with Gasteiger partial charge in [-0.2, -0.15) is 5.10 Å². The molecule has 2 atom stereocenters. The molecule has 2 heterocycles. The third kappa shape index (κ3) is 5.74. The molecule has 0 amide bonds. The van der Waals surface area contributed by atoms with Gasteiger partial charge in [0.05, 0.1) is 5.69 Å². The molecule has 3 rings (SSSR count). The predicted molar refractivity (Wildman–Crippen MR) is 122 cm³/mol. The number of benzene rings is 1. The zero-order chi connectivity index (χ0) is 22.5. The largest absolute Gasteiger partial charge is 0.371 e. The average molecular weight is 433 g/mol. The van der Waals surface area contributed by atoms with Crippen LogP contribution in [0.5, 0.6) is 0 Å². The minimum atomic E-state index is -0.809. The molecule has 31 heavy (non-hydrogen) atoms. The highest BCUT2D eigenvalue weighted by molar-refractivity contribution is 5.80. The summed E-state index contributed by atoms with van der Waals surface area (Å²) in [6.07, 6.45) is 1.86. The summed E-state index contributed by atoms with van der Waals surface area (Å²) in [5.74, 6) is -0.427. The maximum Gasteiger partial charge on any atom is 0.191 e. The van der Waals surface area contributed by atoms with Gasteiger partial charge >= 0.3 is 0 Å². The first kappa shape index (κ1) is 23.0. The molecule has 2 unspecified atom stereocenters. The van der Waals surface area contributed by atoms with Gasteiger partial charge in [-0.15, -0.1) is 0 Å². The molecule has 0 bridgehead atoms. The molecule has 1 aliphatic heterocycles. The second kappa shape index (κ2) is 10.1. The van der Waals surface area contributed by atoms with E-state index < -0.39 is 11.6 Å². The van der Waals surface area contributed by atoms with Crippen LogP contribution in [-0.4, -0.2) is 48.0 Å². The van der Waals surface area contributed by atoms with E-state index in [1.807, 2.05) is 18.7 Å². The fourth-order valence-corrected chi connectivity index (χ4v) is 4.14. The zero-order valence-electron chi connectivity index (χ0n) is 19.2. The number of halogens is 2. The number of aliphatic imine (C=N–C) groups is 1.